The van der Waals surface area contributed by atoms with Gasteiger partial charge >= 0.3 is 0 Å². The zero-order valence-corrected chi connectivity index (χ0v) is 11.8. The smallest absolute Gasteiger partial charge is 0.142 e. The van der Waals surface area contributed by atoms with Crippen LogP contribution in [0.1, 0.15) is 32.2 Å². The van der Waals surface area contributed by atoms with Crippen LogP contribution in [0.5, 0.6) is 5.75 Å². The predicted octanol–water partition coefficient (Wildman–Crippen LogP) is 2.30. The first-order valence-corrected chi connectivity index (χ1v) is 6.55. The molecule has 4 nitrogen and oxygen atoms in total. The summed E-state index contributed by atoms with van der Waals surface area (Å²) in [6.45, 7) is 10.9. The molecule has 1 rings (SSSR count). The minimum Gasteiger partial charge on any atom is -0.489 e. The molecule has 0 spiro atoms. The highest BCUT2D eigenvalue weighted by Gasteiger charge is 2.05. The minimum absolute atomic E-state index is 0.242. The number of aryl methyl sites for hydroxylation is 1. The first-order chi connectivity index (χ1) is 8.63. The monoisotopic (exact) mass is 252 g/mol. The lowest BCUT2D eigenvalue weighted by atomic mass is 10.3. The van der Waals surface area contributed by atoms with Crippen LogP contribution in [0.25, 0.3) is 0 Å². The van der Waals surface area contributed by atoms with Crippen molar-refractivity contribution >= 4 is 0 Å². The van der Waals surface area contributed by atoms with E-state index in [0.29, 0.717) is 13.2 Å². The molecule has 0 radical (unpaired) electrons. The van der Waals surface area contributed by atoms with E-state index in [1.54, 1.807) is 0 Å². The highest BCUT2D eigenvalue weighted by Crippen LogP contribution is 2.16. The molecule has 1 N–H and O–H groups in total. The maximum absolute atomic E-state index is 5.71. The number of pyridine rings is 1. The Morgan fingerprint density at radius 3 is 2.72 bits per heavy atom. The molecule has 0 unspecified atom stereocenters. The topological polar surface area (TPSA) is 43.4 Å². The Labute approximate surface area is 110 Å². The number of hydrogen-bond donors (Lipinski definition) is 1. The number of aromatic nitrogens is 1. The fourth-order valence-electron chi connectivity index (χ4n) is 1.53. The van der Waals surface area contributed by atoms with E-state index < -0.39 is 0 Å². The molecule has 18 heavy (non-hydrogen) atoms. The zero-order valence-electron chi connectivity index (χ0n) is 11.8. The lowest BCUT2D eigenvalue weighted by Gasteiger charge is -2.13. The molecule has 0 amide bonds. The summed E-state index contributed by atoms with van der Waals surface area (Å²) in [7, 11) is 0. The van der Waals surface area contributed by atoms with Crippen LogP contribution in [0, 0.1) is 6.92 Å². The third-order valence-corrected chi connectivity index (χ3v) is 2.41. The van der Waals surface area contributed by atoms with Gasteiger partial charge in [-0.2, -0.15) is 0 Å². The van der Waals surface area contributed by atoms with Crippen molar-refractivity contribution in [2.24, 2.45) is 0 Å². The zero-order chi connectivity index (χ0) is 13.4. The molecule has 4 heteroatoms. The first-order valence-electron chi connectivity index (χ1n) is 6.55. The lowest BCUT2D eigenvalue weighted by molar-refractivity contribution is 0.0549. The molecular weight excluding hydrogens is 228 g/mol. The molecule has 1 aromatic rings. The summed E-state index contributed by atoms with van der Waals surface area (Å²) in [4.78, 5) is 4.50. The molecule has 1 heterocycles. The quantitative estimate of drug-likeness (QED) is 0.721. The minimum atomic E-state index is 0.242. The van der Waals surface area contributed by atoms with E-state index in [1.807, 2.05) is 32.9 Å². The van der Waals surface area contributed by atoms with Gasteiger partial charge < -0.3 is 14.8 Å². The summed E-state index contributed by atoms with van der Waals surface area (Å²) in [5.74, 6) is 0.842. The Balaban J connectivity index is 2.52. The third kappa shape index (κ3) is 5.47. The van der Waals surface area contributed by atoms with Gasteiger partial charge in [0, 0.05) is 12.2 Å². The van der Waals surface area contributed by atoms with Crippen molar-refractivity contribution in [2.45, 2.75) is 40.3 Å². The molecule has 0 saturated heterocycles. The molecule has 0 aliphatic heterocycles. The summed E-state index contributed by atoms with van der Waals surface area (Å²) in [6.07, 6.45) is 0.242. The number of nitrogens with zero attached hydrogens (tertiary/aromatic N) is 1. The molecule has 0 atom stereocenters. The van der Waals surface area contributed by atoms with E-state index in [2.05, 4.69) is 17.2 Å². The number of rotatable bonds is 8. The summed E-state index contributed by atoms with van der Waals surface area (Å²) < 4.78 is 11.2. The third-order valence-electron chi connectivity index (χ3n) is 2.41. The van der Waals surface area contributed by atoms with E-state index in [4.69, 9.17) is 9.47 Å². The highest BCUT2D eigenvalue weighted by molar-refractivity contribution is 5.29. The van der Waals surface area contributed by atoms with Gasteiger partial charge in [0.15, 0.2) is 0 Å². The molecule has 1 aromatic heterocycles. The van der Waals surface area contributed by atoms with E-state index in [-0.39, 0.29) is 6.10 Å². The Bertz CT molecular complexity index is 354. The summed E-state index contributed by atoms with van der Waals surface area (Å²) in [5, 5.41) is 3.27. The van der Waals surface area contributed by atoms with Gasteiger partial charge in [0.05, 0.1) is 18.4 Å². The Morgan fingerprint density at radius 2 is 2.06 bits per heavy atom. The number of hydrogen-bond acceptors (Lipinski definition) is 4. The van der Waals surface area contributed by atoms with Crippen LogP contribution in [-0.4, -0.2) is 30.8 Å². The van der Waals surface area contributed by atoms with E-state index in [9.17, 15) is 0 Å². The van der Waals surface area contributed by atoms with Gasteiger partial charge in [0.1, 0.15) is 12.4 Å². The molecular formula is C14H24N2O2. The van der Waals surface area contributed by atoms with Crippen LogP contribution in [0.3, 0.4) is 0 Å². The second-order valence-corrected chi connectivity index (χ2v) is 4.45. The average molecular weight is 252 g/mol. The van der Waals surface area contributed by atoms with Crippen molar-refractivity contribution in [3.05, 3.63) is 23.5 Å². The summed E-state index contributed by atoms with van der Waals surface area (Å²) >= 11 is 0. The van der Waals surface area contributed by atoms with E-state index in [1.165, 1.54) is 0 Å². The van der Waals surface area contributed by atoms with Gasteiger partial charge in [-0.3, -0.25) is 4.98 Å². The maximum atomic E-state index is 5.71. The summed E-state index contributed by atoms with van der Waals surface area (Å²) in [6, 6.07) is 3.94. The molecule has 0 aromatic carbocycles. The predicted molar refractivity (Wildman–Crippen MR) is 72.9 cm³/mol. The van der Waals surface area contributed by atoms with Gasteiger partial charge in [0.2, 0.25) is 0 Å². The molecule has 0 saturated carbocycles. The second-order valence-electron chi connectivity index (χ2n) is 4.45. The number of ether oxygens (including phenoxy) is 2. The van der Waals surface area contributed by atoms with Gasteiger partial charge in [-0.15, -0.1) is 0 Å². The molecule has 0 fully saturated rings. The van der Waals surface area contributed by atoms with Crippen LogP contribution in [0.2, 0.25) is 0 Å². The van der Waals surface area contributed by atoms with Crippen molar-refractivity contribution in [2.75, 3.05) is 19.8 Å². The largest absolute Gasteiger partial charge is 0.489 e. The van der Waals surface area contributed by atoms with Crippen LogP contribution in [-0.2, 0) is 11.3 Å². The Morgan fingerprint density at radius 1 is 1.28 bits per heavy atom. The summed E-state index contributed by atoms with van der Waals surface area (Å²) in [5.41, 5.74) is 1.97. The Hall–Kier alpha value is -1.13. The molecule has 0 aliphatic rings. The van der Waals surface area contributed by atoms with Gasteiger partial charge in [-0.05, 0) is 39.4 Å². The highest BCUT2D eigenvalue weighted by atomic mass is 16.5. The fourth-order valence-corrected chi connectivity index (χ4v) is 1.53. The van der Waals surface area contributed by atoms with Gasteiger partial charge in [-0.25, -0.2) is 0 Å². The van der Waals surface area contributed by atoms with Gasteiger partial charge in [0.25, 0.3) is 0 Å². The molecule has 0 aliphatic carbocycles. The normalized spacial score (nSPS) is 10.9. The van der Waals surface area contributed by atoms with E-state index >= 15 is 0 Å². The standard InChI is InChI=1S/C14H24N2O2/c1-5-15-10-13-14(7-6-12(4)16-13)18-9-8-17-11(2)3/h6-7,11,15H,5,8-10H2,1-4H3. The van der Waals surface area contributed by atoms with Crippen molar-refractivity contribution in [3.8, 4) is 5.75 Å². The van der Waals surface area contributed by atoms with Crippen molar-refractivity contribution in [1.29, 1.82) is 0 Å². The van der Waals surface area contributed by atoms with Crippen molar-refractivity contribution < 1.29 is 9.47 Å². The molecule has 102 valence electrons. The first kappa shape index (κ1) is 14.9. The van der Waals surface area contributed by atoms with Crippen molar-refractivity contribution in [3.63, 3.8) is 0 Å². The molecule has 0 bridgehead atoms. The van der Waals surface area contributed by atoms with Crippen LogP contribution >= 0.6 is 0 Å². The Kier molecular flexibility index (Phi) is 6.68. The lowest BCUT2D eigenvalue weighted by Crippen LogP contribution is -2.16. The average Bonchev–Trinajstić information content (AvgIpc) is 2.33. The van der Waals surface area contributed by atoms with Crippen LogP contribution < -0.4 is 10.1 Å². The van der Waals surface area contributed by atoms with Crippen LogP contribution in [0.4, 0.5) is 0 Å². The second kappa shape index (κ2) is 8.06. The van der Waals surface area contributed by atoms with Crippen molar-refractivity contribution in [1.82, 2.24) is 10.3 Å². The van der Waals surface area contributed by atoms with E-state index in [0.717, 1.165) is 30.2 Å². The SMILES string of the molecule is CCNCc1nc(C)ccc1OCCOC(C)C. The van der Waals surface area contributed by atoms with Crippen LogP contribution in [0.15, 0.2) is 12.1 Å². The fraction of sp³-hybridized carbons (Fsp3) is 0.643. The maximum Gasteiger partial charge on any atom is 0.142 e. The number of nitrogens with one attached hydrogen (secondary N) is 1. The van der Waals surface area contributed by atoms with Gasteiger partial charge in [-0.1, -0.05) is 6.92 Å².